The summed E-state index contributed by atoms with van der Waals surface area (Å²) in [7, 11) is 1.53. The highest BCUT2D eigenvalue weighted by atomic mass is 32.1. The molecule has 2 unspecified atom stereocenters. The molecule has 0 saturated heterocycles. The van der Waals surface area contributed by atoms with E-state index in [1.165, 1.54) is 7.11 Å². The molecule has 3 N–H and O–H groups in total. The van der Waals surface area contributed by atoms with E-state index in [2.05, 4.69) is 5.32 Å². The molecule has 0 amide bonds. The van der Waals surface area contributed by atoms with Gasteiger partial charge in [-0.2, -0.15) is 11.3 Å². The Morgan fingerprint density at radius 1 is 1.30 bits per heavy atom. The molecule has 2 aromatic rings. The molecule has 2 atom stereocenters. The van der Waals surface area contributed by atoms with Gasteiger partial charge < -0.3 is 20.3 Å². The standard InChI is InChI=1S/C15H19NO3S/c1-10(11-3-4-13(17)15(7-11)19-2)16-8-14(18)12-5-6-20-9-12/h3-7,9-10,14,16-18H,8H2,1-2H3. The molecule has 1 heterocycles. The molecule has 2 rings (SSSR count). The predicted octanol–water partition coefficient (Wildman–Crippen LogP) is 2.85. The third-order valence-corrected chi connectivity index (χ3v) is 3.95. The second kappa shape index (κ2) is 6.74. The number of aliphatic hydroxyl groups excluding tert-OH is 1. The van der Waals surface area contributed by atoms with E-state index in [9.17, 15) is 10.2 Å². The fraction of sp³-hybridized carbons (Fsp3) is 0.333. The summed E-state index contributed by atoms with van der Waals surface area (Å²) < 4.78 is 5.09. The molecule has 1 aromatic carbocycles. The summed E-state index contributed by atoms with van der Waals surface area (Å²) >= 11 is 1.57. The smallest absolute Gasteiger partial charge is 0.160 e. The van der Waals surface area contributed by atoms with E-state index in [1.807, 2.05) is 29.8 Å². The average molecular weight is 293 g/mol. The van der Waals surface area contributed by atoms with Crippen molar-refractivity contribution in [3.63, 3.8) is 0 Å². The molecular weight excluding hydrogens is 274 g/mol. The Labute approximate surface area is 122 Å². The van der Waals surface area contributed by atoms with Crippen LogP contribution in [-0.2, 0) is 0 Å². The molecule has 4 nitrogen and oxygen atoms in total. The van der Waals surface area contributed by atoms with E-state index in [0.717, 1.165) is 11.1 Å². The Morgan fingerprint density at radius 2 is 2.10 bits per heavy atom. The van der Waals surface area contributed by atoms with Crippen LogP contribution < -0.4 is 10.1 Å². The van der Waals surface area contributed by atoms with Gasteiger partial charge in [0.15, 0.2) is 11.5 Å². The maximum atomic E-state index is 10.0. The topological polar surface area (TPSA) is 61.7 Å². The summed E-state index contributed by atoms with van der Waals surface area (Å²) in [4.78, 5) is 0. The number of hydrogen-bond donors (Lipinski definition) is 3. The number of methoxy groups -OCH3 is 1. The summed E-state index contributed by atoms with van der Waals surface area (Å²) in [6, 6.07) is 7.22. The van der Waals surface area contributed by atoms with Gasteiger partial charge in [0, 0.05) is 12.6 Å². The zero-order chi connectivity index (χ0) is 14.5. The van der Waals surface area contributed by atoms with Gasteiger partial charge in [-0.25, -0.2) is 0 Å². The fourth-order valence-electron chi connectivity index (χ4n) is 1.95. The third-order valence-electron chi connectivity index (χ3n) is 3.25. The molecule has 0 aliphatic heterocycles. The van der Waals surface area contributed by atoms with Crippen LogP contribution in [0.5, 0.6) is 11.5 Å². The van der Waals surface area contributed by atoms with Gasteiger partial charge in [0.25, 0.3) is 0 Å². The molecule has 0 spiro atoms. The monoisotopic (exact) mass is 293 g/mol. The lowest BCUT2D eigenvalue weighted by Crippen LogP contribution is -2.24. The van der Waals surface area contributed by atoms with Gasteiger partial charge in [0.05, 0.1) is 13.2 Å². The largest absolute Gasteiger partial charge is 0.504 e. The van der Waals surface area contributed by atoms with E-state index < -0.39 is 6.10 Å². The second-order valence-electron chi connectivity index (χ2n) is 4.63. The van der Waals surface area contributed by atoms with E-state index in [-0.39, 0.29) is 11.8 Å². The fourth-order valence-corrected chi connectivity index (χ4v) is 2.66. The first-order chi connectivity index (χ1) is 9.61. The predicted molar refractivity (Wildman–Crippen MR) is 80.4 cm³/mol. The third kappa shape index (κ3) is 3.50. The highest BCUT2D eigenvalue weighted by Gasteiger charge is 2.12. The molecule has 108 valence electrons. The van der Waals surface area contributed by atoms with Crippen LogP contribution in [-0.4, -0.2) is 23.9 Å². The molecule has 5 heteroatoms. The number of thiophene rings is 1. The normalized spacial score (nSPS) is 13.9. The summed E-state index contributed by atoms with van der Waals surface area (Å²) in [6.07, 6.45) is -0.511. The summed E-state index contributed by atoms with van der Waals surface area (Å²) in [5, 5.41) is 26.8. The van der Waals surface area contributed by atoms with E-state index >= 15 is 0 Å². The summed E-state index contributed by atoms with van der Waals surface area (Å²) in [5.74, 6) is 0.580. The highest BCUT2D eigenvalue weighted by molar-refractivity contribution is 7.07. The zero-order valence-electron chi connectivity index (χ0n) is 11.5. The lowest BCUT2D eigenvalue weighted by molar-refractivity contribution is 0.171. The summed E-state index contributed by atoms with van der Waals surface area (Å²) in [5.41, 5.74) is 1.93. The minimum Gasteiger partial charge on any atom is -0.504 e. The molecule has 0 aliphatic carbocycles. The van der Waals surface area contributed by atoms with Gasteiger partial charge in [-0.1, -0.05) is 6.07 Å². The van der Waals surface area contributed by atoms with Gasteiger partial charge in [0.1, 0.15) is 0 Å². The Balaban J connectivity index is 1.96. The molecular formula is C15H19NO3S. The minimum absolute atomic E-state index is 0.0535. The van der Waals surface area contributed by atoms with Crippen LogP contribution in [0.4, 0.5) is 0 Å². The van der Waals surface area contributed by atoms with Crippen LogP contribution in [0.2, 0.25) is 0 Å². The number of hydrogen-bond acceptors (Lipinski definition) is 5. The van der Waals surface area contributed by atoms with Gasteiger partial charge in [-0.15, -0.1) is 0 Å². The number of nitrogens with one attached hydrogen (secondary N) is 1. The number of ether oxygens (including phenoxy) is 1. The van der Waals surface area contributed by atoms with Crippen molar-refractivity contribution in [1.82, 2.24) is 5.32 Å². The van der Waals surface area contributed by atoms with E-state index in [1.54, 1.807) is 23.5 Å². The number of rotatable bonds is 6. The van der Waals surface area contributed by atoms with Gasteiger partial charge in [-0.05, 0) is 47.0 Å². The molecule has 0 radical (unpaired) electrons. The van der Waals surface area contributed by atoms with Crippen LogP contribution >= 0.6 is 11.3 Å². The molecule has 20 heavy (non-hydrogen) atoms. The van der Waals surface area contributed by atoms with Crippen molar-refractivity contribution in [2.45, 2.75) is 19.1 Å². The van der Waals surface area contributed by atoms with Crippen molar-refractivity contribution in [1.29, 1.82) is 0 Å². The highest BCUT2D eigenvalue weighted by Crippen LogP contribution is 2.29. The molecule has 0 saturated carbocycles. The number of aliphatic hydroxyl groups is 1. The number of phenolic OH excluding ortho intramolecular Hbond substituents is 1. The average Bonchev–Trinajstić information content (AvgIpc) is 2.99. The van der Waals surface area contributed by atoms with Gasteiger partial charge in [0.2, 0.25) is 0 Å². The van der Waals surface area contributed by atoms with Gasteiger partial charge >= 0.3 is 0 Å². The van der Waals surface area contributed by atoms with E-state index in [0.29, 0.717) is 12.3 Å². The first-order valence-corrected chi connectivity index (χ1v) is 7.36. The Morgan fingerprint density at radius 3 is 2.75 bits per heavy atom. The zero-order valence-corrected chi connectivity index (χ0v) is 12.4. The number of benzene rings is 1. The van der Waals surface area contributed by atoms with Crippen LogP contribution in [0, 0.1) is 0 Å². The van der Waals surface area contributed by atoms with Crippen molar-refractivity contribution in [3.8, 4) is 11.5 Å². The molecule has 0 bridgehead atoms. The molecule has 1 aromatic heterocycles. The maximum absolute atomic E-state index is 10.0. The van der Waals surface area contributed by atoms with Crippen molar-refractivity contribution < 1.29 is 14.9 Å². The second-order valence-corrected chi connectivity index (χ2v) is 5.41. The van der Waals surface area contributed by atoms with Crippen LogP contribution in [0.3, 0.4) is 0 Å². The van der Waals surface area contributed by atoms with Crippen molar-refractivity contribution in [2.24, 2.45) is 0 Å². The first-order valence-electron chi connectivity index (χ1n) is 6.42. The van der Waals surface area contributed by atoms with E-state index in [4.69, 9.17) is 4.74 Å². The molecule has 0 aliphatic rings. The number of aromatic hydroxyl groups is 1. The van der Waals surface area contributed by atoms with Crippen LogP contribution in [0.15, 0.2) is 35.0 Å². The first kappa shape index (κ1) is 14.8. The quantitative estimate of drug-likeness (QED) is 0.766. The Kier molecular flexibility index (Phi) is 5.00. The van der Waals surface area contributed by atoms with Crippen molar-refractivity contribution in [2.75, 3.05) is 13.7 Å². The lowest BCUT2D eigenvalue weighted by Gasteiger charge is -2.18. The van der Waals surface area contributed by atoms with Crippen molar-refractivity contribution >= 4 is 11.3 Å². The van der Waals surface area contributed by atoms with Crippen LogP contribution in [0.1, 0.15) is 30.2 Å². The number of phenols is 1. The lowest BCUT2D eigenvalue weighted by atomic mass is 10.1. The Bertz CT molecular complexity index is 542. The Hall–Kier alpha value is -1.56. The molecule has 0 fully saturated rings. The van der Waals surface area contributed by atoms with Gasteiger partial charge in [-0.3, -0.25) is 0 Å². The summed E-state index contributed by atoms with van der Waals surface area (Å²) in [6.45, 7) is 2.48. The van der Waals surface area contributed by atoms with Crippen molar-refractivity contribution in [3.05, 3.63) is 46.2 Å². The minimum atomic E-state index is -0.511. The van der Waals surface area contributed by atoms with Crippen LogP contribution in [0.25, 0.3) is 0 Å². The SMILES string of the molecule is COc1cc(C(C)NCC(O)c2ccsc2)ccc1O. The maximum Gasteiger partial charge on any atom is 0.160 e.